The highest BCUT2D eigenvalue weighted by atomic mass is 35.5. The first-order valence-electron chi connectivity index (χ1n) is 8.29. The van der Waals surface area contributed by atoms with Crippen LogP contribution in [0.4, 0.5) is 5.69 Å². The van der Waals surface area contributed by atoms with Gasteiger partial charge in [0.2, 0.25) is 11.8 Å². The Bertz CT molecular complexity index is 795. The zero-order valence-electron chi connectivity index (χ0n) is 14.5. The van der Waals surface area contributed by atoms with Crippen LogP contribution in [-0.4, -0.2) is 24.9 Å². The molecule has 2 aromatic rings. The number of amides is 2. The minimum atomic E-state index is -0.149. The molecule has 2 amide bonds. The Hall–Kier alpha value is -2.84. The minimum Gasteiger partial charge on any atom is -0.356 e. The number of anilines is 1. The van der Waals surface area contributed by atoms with E-state index in [1.165, 1.54) is 11.8 Å². The maximum Gasteiger partial charge on any atom is 0.223 e. The van der Waals surface area contributed by atoms with Crippen LogP contribution in [0.25, 0.3) is 0 Å². The van der Waals surface area contributed by atoms with Gasteiger partial charge in [-0.3, -0.25) is 9.59 Å². The Morgan fingerprint density at radius 3 is 2.35 bits per heavy atom. The van der Waals surface area contributed by atoms with Gasteiger partial charge in [0, 0.05) is 37.1 Å². The molecule has 0 aliphatic carbocycles. The molecule has 0 saturated carbocycles. The lowest BCUT2D eigenvalue weighted by Crippen LogP contribution is -2.34. The van der Waals surface area contributed by atoms with Crippen LogP contribution < -0.4 is 10.2 Å². The fourth-order valence-corrected chi connectivity index (χ4v) is 2.61. The summed E-state index contributed by atoms with van der Waals surface area (Å²) in [5.74, 6) is -0.262. The molecular weight excluding hydrogens is 350 g/mol. The third-order valence-electron chi connectivity index (χ3n) is 3.90. The Balaban J connectivity index is 1.82. The van der Waals surface area contributed by atoms with E-state index in [9.17, 15) is 9.59 Å². The van der Waals surface area contributed by atoms with Gasteiger partial charge in [-0.25, -0.2) is 0 Å². The van der Waals surface area contributed by atoms with E-state index in [0.717, 1.165) is 12.0 Å². The number of hydrogen-bond acceptors (Lipinski definition) is 3. The largest absolute Gasteiger partial charge is 0.356 e. The molecule has 0 heterocycles. The first kappa shape index (κ1) is 19.5. The van der Waals surface area contributed by atoms with Crippen molar-refractivity contribution >= 4 is 29.1 Å². The normalized spacial score (nSPS) is 10.0. The van der Waals surface area contributed by atoms with Crippen molar-refractivity contribution in [3.8, 4) is 6.07 Å². The molecule has 5 nitrogen and oxygen atoms in total. The van der Waals surface area contributed by atoms with Gasteiger partial charge in [-0.05, 0) is 48.4 Å². The molecule has 2 aromatic carbocycles. The molecule has 1 N–H and O–H groups in total. The van der Waals surface area contributed by atoms with Crippen LogP contribution in [0, 0.1) is 11.3 Å². The van der Waals surface area contributed by atoms with Crippen molar-refractivity contribution in [2.75, 3.05) is 18.0 Å². The zero-order valence-corrected chi connectivity index (χ0v) is 15.3. The van der Waals surface area contributed by atoms with Crippen molar-refractivity contribution in [2.45, 2.75) is 19.8 Å². The van der Waals surface area contributed by atoms with Crippen LogP contribution in [-0.2, 0) is 16.0 Å². The van der Waals surface area contributed by atoms with Crippen LogP contribution in [0.3, 0.4) is 0 Å². The second-order valence-electron chi connectivity index (χ2n) is 5.81. The number of nitriles is 1. The molecule has 2 rings (SSSR count). The van der Waals surface area contributed by atoms with Crippen molar-refractivity contribution in [1.82, 2.24) is 5.32 Å². The number of nitrogens with one attached hydrogen (secondary N) is 1. The van der Waals surface area contributed by atoms with E-state index in [-0.39, 0.29) is 24.8 Å². The molecule has 0 aliphatic rings. The van der Waals surface area contributed by atoms with E-state index in [4.69, 9.17) is 16.9 Å². The van der Waals surface area contributed by atoms with E-state index in [0.29, 0.717) is 22.8 Å². The number of nitrogens with zero attached hydrogens (tertiary/aromatic N) is 2. The predicted octanol–water partition coefficient (Wildman–Crippen LogP) is 3.31. The van der Waals surface area contributed by atoms with Crippen molar-refractivity contribution in [3.63, 3.8) is 0 Å². The SMILES string of the molecule is CC(=O)N(CCC(=O)NCCc1ccc(Cl)cc1)c1ccc(C#N)cc1. The molecule has 0 radical (unpaired) electrons. The highest BCUT2D eigenvalue weighted by molar-refractivity contribution is 6.30. The number of carbonyl (C=O) groups is 2. The highest BCUT2D eigenvalue weighted by Crippen LogP contribution is 2.16. The second-order valence-corrected chi connectivity index (χ2v) is 6.24. The fraction of sp³-hybridized carbons (Fsp3) is 0.250. The van der Waals surface area contributed by atoms with Crippen LogP contribution in [0.5, 0.6) is 0 Å². The molecule has 0 unspecified atom stereocenters. The molecule has 0 atom stereocenters. The summed E-state index contributed by atoms with van der Waals surface area (Å²) >= 11 is 5.84. The lowest BCUT2D eigenvalue weighted by molar-refractivity contribution is -0.121. The Morgan fingerprint density at radius 1 is 1.12 bits per heavy atom. The summed E-state index contributed by atoms with van der Waals surface area (Å²) in [7, 11) is 0. The van der Waals surface area contributed by atoms with Crippen LogP contribution in [0.2, 0.25) is 5.02 Å². The molecule has 0 aromatic heterocycles. The van der Waals surface area contributed by atoms with Gasteiger partial charge >= 0.3 is 0 Å². The summed E-state index contributed by atoms with van der Waals surface area (Å²) in [6.07, 6.45) is 0.926. The van der Waals surface area contributed by atoms with Crippen molar-refractivity contribution in [1.29, 1.82) is 5.26 Å². The monoisotopic (exact) mass is 369 g/mol. The third-order valence-corrected chi connectivity index (χ3v) is 4.15. The smallest absolute Gasteiger partial charge is 0.223 e. The van der Waals surface area contributed by atoms with Gasteiger partial charge in [0.15, 0.2) is 0 Å². The predicted molar refractivity (Wildman–Crippen MR) is 102 cm³/mol. The van der Waals surface area contributed by atoms with Gasteiger partial charge in [0.25, 0.3) is 0 Å². The first-order valence-corrected chi connectivity index (χ1v) is 8.67. The summed E-state index contributed by atoms with van der Waals surface area (Å²) < 4.78 is 0. The zero-order chi connectivity index (χ0) is 18.9. The van der Waals surface area contributed by atoms with Crippen molar-refractivity contribution in [2.24, 2.45) is 0 Å². The molecule has 0 aliphatic heterocycles. The first-order chi connectivity index (χ1) is 12.5. The molecule has 0 fully saturated rings. The molecule has 0 saturated heterocycles. The van der Waals surface area contributed by atoms with Gasteiger partial charge in [-0.2, -0.15) is 5.26 Å². The molecule has 6 heteroatoms. The average molecular weight is 370 g/mol. The number of rotatable bonds is 7. The second kappa shape index (κ2) is 9.59. The summed E-state index contributed by atoms with van der Waals surface area (Å²) in [6, 6.07) is 16.2. The number of halogens is 1. The number of carbonyl (C=O) groups excluding carboxylic acids is 2. The lowest BCUT2D eigenvalue weighted by Gasteiger charge is -2.21. The summed E-state index contributed by atoms with van der Waals surface area (Å²) in [5, 5.41) is 12.4. The topological polar surface area (TPSA) is 73.2 Å². The molecule has 134 valence electrons. The fourth-order valence-electron chi connectivity index (χ4n) is 2.48. The van der Waals surface area contributed by atoms with Crippen LogP contribution in [0.15, 0.2) is 48.5 Å². The molecule has 0 spiro atoms. The standard InChI is InChI=1S/C20H20ClN3O2/c1-15(25)24(19-8-4-17(14-22)5-9-19)13-11-20(26)23-12-10-16-2-6-18(21)7-3-16/h2-9H,10-13H2,1H3,(H,23,26). The molecule has 0 bridgehead atoms. The van der Waals surface area contributed by atoms with E-state index in [1.54, 1.807) is 24.3 Å². The van der Waals surface area contributed by atoms with Gasteiger partial charge in [0.1, 0.15) is 0 Å². The van der Waals surface area contributed by atoms with E-state index in [1.807, 2.05) is 30.3 Å². The summed E-state index contributed by atoms with van der Waals surface area (Å²) in [5.41, 5.74) is 2.29. The van der Waals surface area contributed by atoms with Gasteiger partial charge in [-0.15, -0.1) is 0 Å². The maximum atomic E-state index is 12.0. The van der Waals surface area contributed by atoms with Gasteiger partial charge in [-0.1, -0.05) is 23.7 Å². The lowest BCUT2D eigenvalue weighted by atomic mass is 10.1. The average Bonchev–Trinajstić information content (AvgIpc) is 2.64. The van der Waals surface area contributed by atoms with Gasteiger partial charge in [0.05, 0.1) is 11.6 Å². The van der Waals surface area contributed by atoms with Gasteiger partial charge < -0.3 is 10.2 Å². The minimum absolute atomic E-state index is 0.112. The Labute approximate surface area is 158 Å². The Kier molecular flexibility index (Phi) is 7.19. The van der Waals surface area contributed by atoms with Crippen LogP contribution in [0.1, 0.15) is 24.5 Å². The highest BCUT2D eigenvalue weighted by Gasteiger charge is 2.13. The van der Waals surface area contributed by atoms with Crippen molar-refractivity contribution < 1.29 is 9.59 Å². The molecular formula is C20H20ClN3O2. The van der Waals surface area contributed by atoms with Crippen molar-refractivity contribution in [3.05, 3.63) is 64.7 Å². The van der Waals surface area contributed by atoms with E-state index >= 15 is 0 Å². The Morgan fingerprint density at radius 2 is 1.77 bits per heavy atom. The third kappa shape index (κ3) is 5.91. The van der Waals surface area contributed by atoms with Crippen LogP contribution >= 0.6 is 11.6 Å². The summed E-state index contributed by atoms with van der Waals surface area (Å²) in [6.45, 7) is 2.27. The maximum absolute atomic E-state index is 12.0. The van der Waals surface area contributed by atoms with E-state index < -0.39 is 0 Å². The summed E-state index contributed by atoms with van der Waals surface area (Å²) in [4.78, 5) is 25.4. The number of hydrogen-bond donors (Lipinski definition) is 1. The number of benzene rings is 2. The molecule has 26 heavy (non-hydrogen) atoms. The van der Waals surface area contributed by atoms with E-state index in [2.05, 4.69) is 5.32 Å². The quantitative estimate of drug-likeness (QED) is 0.813.